The normalized spacial score (nSPS) is 26.7. The number of nitrogens with zero attached hydrogens (tertiary/aromatic N) is 2. The molecule has 2 aromatic rings. The Kier molecular flexibility index (Phi) is 10.8. The quantitative estimate of drug-likeness (QED) is 0.524. The highest BCUT2D eigenvalue weighted by atomic mass is 35.5. The average molecular weight is 466 g/mol. The third-order valence-corrected chi connectivity index (χ3v) is 6.60. The summed E-state index contributed by atoms with van der Waals surface area (Å²) in [5, 5.41) is 0. The highest BCUT2D eigenvalue weighted by Gasteiger charge is 2.32. The number of morpholine rings is 1. The van der Waals surface area contributed by atoms with Gasteiger partial charge in [0.15, 0.2) is 0 Å². The van der Waals surface area contributed by atoms with Crippen LogP contribution in [0.1, 0.15) is 50.7 Å². The van der Waals surface area contributed by atoms with Gasteiger partial charge in [-0.3, -0.25) is 9.80 Å². The molecular formula is C26H38Cl2N2O. The first-order valence-corrected chi connectivity index (χ1v) is 11.4. The molecular weight excluding hydrogens is 427 g/mol. The third kappa shape index (κ3) is 7.47. The van der Waals surface area contributed by atoms with E-state index in [0.717, 1.165) is 32.2 Å². The van der Waals surface area contributed by atoms with Crippen molar-refractivity contribution in [1.29, 1.82) is 0 Å². The number of rotatable bonds is 6. The van der Waals surface area contributed by atoms with Crippen molar-refractivity contribution in [2.24, 2.45) is 0 Å². The number of ether oxygens (including phenoxy) is 1. The second kappa shape index (κ2) is 12.8. The molecule has 2 atom stereocenters. The lowest BCUT2D eigenvalue weighted by Gasteiger charge is -2.44. The van der Waals surface area contributed by atoms with E-state index in [4.69, 9.17) is 4.74 Å². The van der Waals surface area contributed by atoms with Crippen LogP contribution in [-0.2, 0) is 17.8 Å². The maximum Gasteiger partial charge on any atom is 0.0678 e. The standard InChI is InChI=1S/C26H36N2O.2ClH/c1-21-17-27(18-22(2)29-21)25-13-15-26(16-14-25)28(19-23-9-5-3-6-10-23)20-24-11-7-4-8-12-24;;/h3-12,21-22,25-26H,13-20H2,1-2H3;2*1H. The highest BCUT2D eigenvalue weighted by molar-refractivity contribution is 5.85. The summed E-state index contributed by atoms with van der Waals surface area (Å²) in [7, 11) is 0. The molecule has 0 bridgehead atoms. The zero-order valence-corrected chi connectivity index (χ0v) is 20.5. The van der Waals surface area contributed by atoms with Crippen LogP contribution in [0.5, 0.6) is 0 Å². The van der Waals surface area contributed by atoms with Gasteiger partial charge in [0, 0.05) is 38.3 Å². The monoisotopic (exact) mass is 464 g/mol. The minimum atomic E-state index is 0. The molecule has 5 heteroatoms. The highest BCUT2D eigenvalue weighted by Crippen LogP contribution is 2.30. The van der Waals surface area contributed by atoms with E-state index in [1.54, 1.807) is 0 Å². The maximum absolute atomic E-state index is 5.95. The number of halogens is 2. The first-order valence-electron chi connectivity index (χ1n) is 11.4. The summed E-state index contributed by atoms with van der Waals surface area (Å²) in [5.41, 5.74) is 2.84. The zero-order valence-electron chi connectivity index (χ0n) is 18.9. The van der Waals surface area contributed by atoms with E-state index in [0.29, 0.717) is 18.2 Å². The second-order valence-electron chi connectivity index (χ2n) is 9.05. The molecule has 2 aromatic carbocycles. The van der Waals surface area contributed by atoms with E-state index >= 15 is 0 Å². The lowest BCUT2D eigenvalue weighted by Crippen LogP contribution is -2.52. The number of hydrogen-bond acceptors (Lipinski definition) is 3. The zero-order chi connectivity index (χ0) is 20.1. The van der Waals surface area contributed by atoms with E-state index < -0.39 is 0 Å². The molecule has 2 aliphatic rings. The Morgan fingerprint density at radius 2 is 1.19 bits per heavy atom. The molecule has 1 saturated carbocycles. The largest absolute Gasteiger partial charge is 0.373 e. The van der Waals surface area contributed by atoms with Crippen molar-refractivity contribution in [3.05, 3.63) is 71.8 Å². The molecule has 1 aliphatic heterocycles. The average Bonchev–Trinajstić information content (AvgIpc) is 2.74. The number of benzene rings is 2. The minimum Gasteiger partial charge on any atom is -0.373 e. The van der Waals surface area contributed by atoms with Crippen LogP contribution in [0.15, 0.2) is 60.7 Å². The second-order valence-corrected chi connectivity index (χ2v) is 9.05. The molecule has 2 unspecified atom stereocenters. The van der Waals surface area contributed by atoms with Gasteiger partial charge in [-0.15, -0.1) is 24.8 Å². The van der Waals surface area contributed by atoms with Crippen LogP contribution in [0, 0.1) is 0 Å². The lowest BCUT2D eigenvalue weighted by atomic mass is 9.88. The van der Waals surface area contributed by atoms with Gasteiger partial charge < -0.3 is 4.74 Å². The van der Waals surface area contributed by atoms with Crippen LogP contribution in [0.2, 0.25) is 0 Å². The molecule has 0 N–H and O–H groups in total. The molecule has 0 spiro atoms. The Labute approximate surface area is 201 Å². The lowest BCUT2D eigenvalue weighted by molar-refractivity contribution is -0.0863. The predicted molar refractivity (Wildman–Crippen MR) is 134 cm³/mol. The smallest absolute Gasteiger partial charge is 0.0678 e. The Balaban J connectivity index is 0.00000171. The summed E-state index contributed by atoms with van der Waals surface area (Å²) in [6, 6.07) is 23.3. The van der Waals surface area contributed by atoms with Crippen molar-refractivity contribution in [2.75, 3.05) is 13.1 Å². The fourth-order valence-corrected chi connectivity index (χ4v) is 5.25. The molecule has 1 saturated heterocycles. The fraction of sp³-hybridized carbons (Fsp3) is 0.538. The first-order chi connectivity index (χ1) is 14.2. The Morgan fingerprint density at radius 1 is 0.742 bits per heavy atom. The molecule has 4 rings (SSSR count). The van der Waals surface area contributed by atoms with Crippen LogP contribution in [0.25, 0.3) is 0 Å². The summed E-state index contributed by atoms with van der Waals surface area (Å²) >= 11 is 0. The van der Waals surface area contributed by atoms with Gasteiger partial charge in [-0.1, -0.05) is 60.7 Å². The molecule has 0 aromatic heterocycles. The van der Waals surface area contributed by atoms with Gasteiger partial charge in [-0.05, 0) is 50.7 Å². The van der Waals surface area contributed by atoms with Crippen LogP contribution >= 0.6 is 24.8 Å². The molecule has 172 valence electrons. The molecule has 1 heterocycles. The SMILES string of the molecule is CC1CN(C2CCC(N(Cc3ccccc3)Cc3ccccc3)CC2)CC(C)O1.Cl.Cl. The summed E-state index contributed by atoms with van der Waals surface area (Å²) in [4.78, 5) is 5.42. The topological polar surface area (TPSA) is 15.7 Å². The maximum atomic E-state index is 5.95. The third-order valence-electron chi connectivity index (χ3n) is 6.60. The summed E-state index contributed by atoms with van der Waals surface area (Å²) < 4.78 is 5.95. The summed E-state index contributed by atoms with van der Waals surface area (Å²) in [5.74, 6) is 0. The van der Waals surface area contributed by atoms with Gasteiger partial charge in [0.25, 0.3) is 0 Å². The first kappa shape index (κ1) is 26.2. The van der Waals surface area contributed by atoms with E-state index in [-0.39, 0.29) is 24.8 Å². The van der Waals surface area contributed by atoms with Crippen LogP contribution in [0.3, 0.4) is 0 Å². The van der Waals surface area contributed by atoms with E-state index in [2.05, 4.69) is 84.3 Å². The predicted octanol–water partition coefficient (Wildman–Crippen LogP) is 5.95. The Morgan fingerprint density at radius 3 is 1.65 bits per heavy atom. The van der Waals surface area contributed by atoms with Gasteiger partial charge >= 0.3 is 0 Å². The van der Waals surface area contributed by atoms with E-state index in [9.17, 15) is 0 Å². The van der Waals surface area contributed by atoms with Crippen molar-refractivity contribution < 1.29 is 4.74 Å². The van der Waals surface area contributed by atoms with Crippen molar-refractivity contribution in [3.63, 3.8) is 0 Å². The number of hydrogen-bond donors (Lipinski definition) is 0. The fourth-order valence-electron chi connectivity index (χ4n) is 5.25. The Hall–Kier alpha value is -1.10. The molecule has 3 nitrogen and oxygen atoms in total. The van der Waals surface area contributed by atoms with E-state index in [1.807, 2.05) is 0 Å². The summed E-state index contributed by atoms with van der Waals surface area (Å²) in [6.45, 7) is 8.70. The van der Waals surface area contributed by atoms with Crippen LogP contribution in [0.4, 0.5) is 0 Å². The minimum absolute atomic E-state index is 0. The van der Waals surface area contributed by atoms with Gasteiger partial charge in [-0.25, -0.2) is 0 Å². The molecule has 2 fully saturated rings. The van der Waals surface area contributed by atoms with Crippen molar-refractivity contribution >= 4 is 24.8 Å². The Bertz CT molecular complexity index is 686. The van der Waals surface area contributed by atoms with Gasteiger partial charge in [0.05, 0.1) is 12.2 Å². The van der Waals surface area contributed by atoms with Crippen molar-refractivity contribution in [3.8, 4) is 0 Å². The molecule has 0 radical (unpaired) electrons. The van der Waals surface area contributed by atoms with Crippen LogP contribution in [-0.4, -0.2) is 47.2 Å². The molecule has 0 amide bonds. The van der Waals surface area contributed by atoms with Crippen molar-refractivity contribution in [1.82, 2.24) is 9.80 Å². The van der Waals surface area contributed by atoms with Gasteiger partial charge in [0.2, 0.25) is 0 Å². The van der Waals surface area contributed by atoms with Gasteiger partial charge in [-0.2, -0.15) is 0 Å². The van der Waals surface area contributed by atoms with Crippen molar-refractivity contribution in [2.45, 2.75) is 76.9 Å². The van der Waals surface area contributed by atoms with E-state index in [1.165, 1.54) is 36.8 Å². The summed E-state index contributed by atoms with van der Waals surface area (Å²) in [6.07, 6.45) is 5.94. The molecule has 31 heavy (non-hydrogen) atoms. The van der Waals surface area contributed by atoms with Crippen LogP contribution < -0.4 is 0 Å². The molecule has 1 aliphatic carbocycles. The van der Waals surface area contributed by atoms with Gasteiger partial charge in [0.1, 0.15) is 0 Å².